The molecule has 4 nitrogen and oxygen atoms in total. The van der Waals surface area contributed by atoms with Crippen LogP contribution in [0.25, 0.3) is 0 Å². The van der Waals surface area contributed by atoms with Crippen LogP contribution in [0, 0.1) is 0 Å². The molecule has 0 bridgehead atoms. The molecule has 1 aromatic rings. The van der Waals surface area contributed by atoms with Gasteiger partial charge >= 0.3 is 6.61 Å². The predicted octanol–water partition coefficient (Wildman–Crippen LogP) is 1.81. The Morgan fingerprint density at radius 1 is 1.18 bits per heavy atom. The molecule has 0 saturated carbocycles. The highest BCUT2D eigenvalue weighted by molar-refractivity contribution is 5.54. The van der Waals surface area contributed by atoms with Gasteiger partial charge in [-0.05, 0) is 30.7 Å². The number of methoxy groups -OCH3 is 2. The monoisotopic (exact) mass is 247 g/mol. The second kappa shape index (κ2) is 6.24. The summed E-state index contributed by atoms with van der Waals surface area (Å²) in [5.41, 5.74) is 6.27. The standard InChI is InChI=1S/C11H15F2NO3/c1-15-8-5-7(3-4-14)6-9(16-2)10(8)17-11(12)13/h5-6,11H,3-4,14H2,1-2H3. The first-order valence-electron chi connectivity index (χ1n) is 5.02. The van der Waals surface area contributed by atoms with Gasteiger partial charge in [-0.25, -0.2) is 0 Å². The topological polar surface area (TPSA) is 53.7 Å². The van der Waals surface area contributed by atoms with Gasteiger partial charge in [-0.1, -0.05) is 0 Å². The maximum Gasteiger partial charge on any atom is 0.387 e. The number of nitrogens with two attached hydrogens (primary N) is 1. The van der Waals surface area contributed by atoms with Crippen molar-refractivity contribution in [3.63, 3.8) is 0 Å². The summed E-state index contributed by atoms with van der Waals surface area (Å²) in [4.78, 5) is 0. The van der Waals surface area contributed by atoms with E-state index >= 15 is 0 Å². The Morgan fingerprint density at radius 3 is 2.06 bits per heavy atom. The van der Waals surface area contributed by atoms with E-state index in [0.29, 0.717) is 13.0 Å². The van der Waals surface area contributed by atoms with Crippen molar-refractivity contribution in [1.29, 1.82) is 0 Å². The maximum absolute atomic E-state index is 12.2. The number of benzene rings is 1. The smallest absolute Gasteiger partial charge is 0.387 e. The van der Waals surface area contributed by atoms with Crippen LogP contribution < -0.4 is 19.9 Å². The first kappa shape index (κ1) is 13.5. The summed E-state index contributed by atoms with van der Waals surface area (Å²) in [6.07, 6.45) is 0.599. The molecule has 0 aliphatic rings. The lowest BCUT2D eigenvalue weighted by Crippen LogP contribution is -2.07. The number of hydrogen-bond acceptors (Lipinski definition) is 4. The van der Waals surface area contributed by atoms with E-state index in [0.717, 1.165) is 5.56 Å². The van der Waals surface area contributed by atoms with Crippen LogP contribution in [0.2, 0.25) is 0 Å². The molecule has 1 aromatic carbocycles. The zero-order valence-corrected chi connectivity index (χ0v) is 9.70. The second-order valence-electron chi connectivity index (χ2n) is 3.25. The van der Waals surface area contributed by atoms with Crippen LogP contribution in [-0.4, -0.2) is 27.4 Å². The normalized spacial score (nSPS) is 10.5. The van der Waals surface area contributed by atoms with E-state index in [2.05, 4.69) is 4.74 Å². The van der Waals surface area contributed by atoms with Gasteiger partial charge in [0.15, 0.2) is 11.5 Å². The highest BCUT2D eigenvalue weighted by Gasteiger charge is 2.17. The zero-order valence-electron chi connectivity index (χ0n) is 9.70. The molecule has 17 heavy (non-hydrogen) atoms. The Kier molecular flexibility index (Phi) is 4.96. The lowest BCUT2D eigenvalue weighted by atomic mass is 10.1. The van der Waals surface area contributed by atoms with Gasteiger partial charge in [0.05, 0.1) is 14.2 Å². The summed E-state index contributed by atoms with van der Waals surface area (Å²) in [5.74, 6) is 0.298. The van der Waals surface area contributed by atoms with Crippen molar-refractivity contribution in [2.24, 2.45) is 5.73 Å². The van der Waals surface area contributed by atoms with Crippen molar-refractivity contribution in [3.8, 4) is 17.2 Å². The van der Waals surface area contributed by atoms with Crippen molar-refractivity contribution >= 4 is 0 Å². The van der Waals surface area contributed by atoms with Gasteiger partial charge < -0.3 is 19.9 Å². The van der Waals surface area contributed by atoms with E-state index in [-0.39, 0.29) is 17.2 Å². The highest BCUT2D eigenvalue weighted by Crippen LogP contribution is 2.39. The minimum Gasteiger partial charge on any atom is -0.493 e. The summed E-state index contributed by atoms with van der Waals surface area (Å²) >= 11 is 0. The molecule has 0 heterocycles. The first-order valence-corrected chi connectivity index (χ1v) is 5.02. The van der Waals surface area contributed by atoms with Crippen LogP contribution in [0.3, 0.4) is 0 Å². The van der Waals surface area contributed by atoms with E-state index in [1.165, 1.54) is 14.2 Å². The third-order valence-corrected chi connectivity index (χ3v) is 2.16. The number of halogens is 2. The van der Waals surface area contributed by atoms with E-state index in [1.807, 2.05) is 0 Å². The molecule has 0 saturated heterocycles. The molecule has 0 radical (unpaired) electrons. The van der Waals surface area contributed by atoms with Gasteiger partial charge in [0, 0.05) is 0 Å². The molecule has 2 N–H and O–H groups in total. The van der Waals surface area contributed by atoms with E-state index in [1.54, 1.807) is 12.1 Å². The molecule has 0 aliphatic heterocycles. The lowest BCUT2D eigenvalue weighted by Gasteiger charge is -2.15. The molecule has 96 valence electrons. The van der Waals surface area contributed by atoms with Crippen LogP contribution >= 0.6 is 0 Å². The quantitative estimate of drug-likeness (QED) is 0.832. The molecule has 6 heteroatoms. The fourth-order valence-corrected chi connectivity index (χ4v) is 1.45. The zero-order chi connectivity index (χ0) is 12.8. The van der Waals surface area contributed by atoms with Crippen molar-refractivity contribution in [2.45, 2.75) is 13.0 Å². The van der Waals surface area contributed by atoms with E-state index < -0.39 is 6.61 Å². The van der Waals surface area contributed by atoms with Gasteiger partial charge in [-0.15, -0.1) is 0 Å². The summed E-state index contributed by atoms with van der Waals surface area (Å²) in [6, 6.07) is 3.21. The third kappa shape index (κ3) is 3.45. The van der Waals surface area contributed by atoms with Crippen LogP contribution in [0.1, 0.15) is 5.56 Å². The minimum atomic E-state index is -2.93. The molecular weight excluding hydrogens is 232 g/mol. The predicted molar refractivity (Wildman–Crippen MR) is 58.9 cm³/mol. The lowest BCUT2D eigenvalue weighted by molar-refractivity contribution is -0.0526. The van der Waals surface area contributed by atoms with Crippen molar-refractivity contribution < 1.29 is 23.0 Å². The Balaban J connectivity index is 3.16. The van der Waals surface area contributed by atoms with Crippen molar-refractivity contribution in [3.05, 3.63) is 17.7 Å². The van der Waals surface area contributed by atoms with Crippen LogP contribution in [-0.2, 0) is 6.42 Å². The Bertz CT molecular complexity index is 347. The Labute approximate surface area is 98.3 Å². The van der Waals surface area contributed by atoms with Gasteiger partial charge in [-0.2, -0.15) is 8.78 Å². The van der Waals surface area contributed by atoms with Gasteiger partial charge in [0.2, 0.25) is 5.75 Å². The summed E-state index contributed by atoms with van der Waals surface area (Å²) < 4.78 is 38.9. The number of hydrogen-bond donors (Lipinski definition) is 1. The molecule has 1 rings (SSSR count). The Hall–Kier alpha value is -1.56. The molecule has 0 amide bonds. The number of rotatable bonds is 6. The summed E-state index contributed by atoms with van der Waals surface area (Å²) in [5, 5.41) is 0. The maximum atomic E-state index is 12.2. The molecule has 0 spiro atoms. The van der Waals surface area contributed by atoms with Crippen LogP contribution in [0.5, 0.6) is 17.2 Å². The van der Waals surface area contributed by atoms with E-state index in [9.17, 15) is 8.78 Å². The highest BCUT2D eigenvalue weighted by atomic mass is 19.3. The number of ether oxygens (including phenoxy) is 3. The van der Waals surface area contributed by atoms with Crippen LogP contribution in [0.4, 0.5) is 8.78 Å². The number of alkyl halides is 2. The van der Waals surface area contributed by atoms with E-state index in [4.69, 9.17) is 15.2 Å². The van der Waals surface area contributed by atoms with Crippen molar-refractivity contribution in [2.75, 3.05) is 20.8 Å². The summed E-state index contributed by atoms with van der Waals surface area (Å²) in [6.45, 7) is -2.49. The van der Waals surface area contributed by atoms with Gasteiger partial charge in [-0.3, -0.25) is 0 Å². The van der Waals surface area contributed by atoms with Crippen LogP contribution in [0.15, 0.2) is 12.1 Å². The largest absolute Gasteiger partial charge is 0.493 e. The Morgan fingerprint density at radius 2 is 1.71 bits per heavy atom. The molecule has 0 aliphatic carbocycles. The molecule has 0 fully saturated rings. The average molecular weight is 247 g/mol. The second-order valence-corrected chi connectivity index (χ2v) is 3.25. The molecule has 0 atom stereocenters. The average Bonchev–Trinajstić information content (AvgIpc) is 2.30. The molecule has 0 unspecified atom stereocenters. The van der Waals surface area contributed by atoms with Crippen molar-refractivity contribution in [1.82, 2.24) is 0 Å². The van der Waals surface area contributed by atoms with Gasteiger partial charge in [0.25, 0.3) is 0 Å². The molecule has 0 aromatic heterocycles. The fraction of sp³-hybridized carbons (Fsp3) is 0.455. The minimum absolute atomic E-state index is 0.106. The first-order chi connectivity index (χ1) is 8.12. The van der Waals surface area contributed by atoms with Gasteiger partial charge in [0.1, 0.15) is 0 Å². The third-order valence-electron chi connectivity index (χ3n) is 2.16. The summed E-state index contributed by atoms with van der Waals surface area (Å²) in [7, 11) is 2.75. The SMILES string of the molecule is COc1cc(CCN)cc(OC)c1OC(F)F. The molecular formula is C11H15F2NO3. The fourth-order valence-electron chi connectivity index (χ4n) is 1.45.